The van der Waals surface area contributed by atoms with E-state index in [4.69, 9.17) is 9.47 Å². The molecule has 2 heterocycles. The van der Waals surface area contributed by atoms with Gasteiger partial charge in [-0.05, 0) is 44.1 Å². The van der Waals surface area contributed by atoms with Crippen molar-refractivity contribution in [3.05, 3.63) is 22.8 Å². The van der Waals surface area contributed by atoms with E-state index in [1.807, 2.05) is 0 Å². The Morgan fingerprint density at radius 1 is 1.25 bits per heavy atom. The Bertz CT molecular complexity index is 1020. The number of phenols is 1. The highest BCUT2D eigenvalue weighted by Gasteiger charge is 2.68. The number of amides is 1. The van der Waals surface area contributed by atoms with Gasteiger partial charge in [-0.15, -0.1) is 0 Å². The molecule has 7 heteroatoms. The number of carbonyl (C=O) groups is 2. The van der Waals surface area contributed by atoms with Crippen LogP contribution < -0.4 is 10.1 Å². The van der Waals surface area contributed by atoms with Gasteiger partial charge in [0.05, 0.1) is 11.1 Å². The first-order valence-corrected chi connectivity index (χ1v) is 11.7. The van der Waals surface area contributed by atoms with E-state index in [2.05, 4.69) is 33.0 Å². The highest BCUT2D eigenvalue weighted by molar-refractivity contribution is 6.00. The Kier molecular flexibility index (Phi) is 4.46. The first-order valence-electron chi connectivity index (χ1n) is 11.7. The maximum atomic E-state index is 12.4. The maximum Gasteiger partial charge on any atom is 0.302 e. The molecule has 5 rings (SSSR count). The summed E-state index contributed by atoms with van der Waals surface area (Å²) >= 11 is 0. The van der Waals surface area contributed by atoms with Crippen molar-refractivity contribution in [3.8, 4) is 11.5 Å². The van der Waals surface area contributed by atoms with Crippen molar-refractivity contribution >= 4 is 11.9 Å². The summed E-state index contributed by atoms with van der Waals surface area (Å²) in [7, 11) is 0. The van der Waals surface area contributed by atoms with E-state index in [1.165, 1.54) is 13.0 Å². The Labute approximate surface area is 188 Å². The number of hydrogen-bond acceptors (Lipinski definition) is 6. The molecule has 7 nitrogen and oxygen atoms in total. The average molecular weight is 444 g/mol. The zero-order chi connectivity index (χ0) is 23.2. The third-order valence-electron chi connectivity index (χ3n) is 9.33. The minimum absolute atomic E-state index is 0.0428. The van der Waals surface area contributed by atoms with E-state index in [-0.39, 0.29) is 40.1 Å². The lowest BCUT2D eigenvalue weighted by Crippen LogP contribution is -2.70. The Balaban J connectivity index is 1.69. The van der Waals surface area contributed by atoms with Crippen LogP contribution in [-0.4, -0.2) is 33.8 Å². The van der Waals surface area contributed by atoms with Gasteiger partial charge in [0.2, 0.25) is 0 Å². The van der Waals surface area contributed by atoms with Gasteiger partial charge in [0.1, 0.15) is 23.2 Å². The van der Waals surface area contributed by atoms with E-state index in [0.29, 0.717) is 42.1 Å². The molecule has 174 valence electrons. The highest BCUT2D eigenvalue weighted by atomic mass is 16.5. The summed E-state index contributed by atoms with van der Waals surface area (Å²) in [6.07, 6.45) is 2.61. The summed E-state index contributed by atoms with van der Waals surface area (Å²) in [6, 6.07) is 1.46. The molecule has 1 spiro atoms. The molecule has 0 aromatic heterocycles. The average Bonchev–Trinajstić information content (AvgIpc) is 2.97. The SMILES string of the molecule is CC(=O)O[C@H]1CC[C@@]23Oc4c(c(O)cc5c4C(O)NC5=O)C[C@]2(C)[C@@H](C)CC[C@H]3C1(C)C. The molecule has 1 aromatic carbocycles. The predicted octanol–water partition coefficient (Wildman–Crippen LogP) is 3.60. The summed E-state index contributed by atoms with van der Waals surface area (Å²) in [4.78, 5) is 24.2. The van der Waals surface area contributed by atoms with Crippen LogP contribution in [0.2, 0.25) is 0 Å². The van der Waals surface area contributed by atoms with Crippen LogP contribution in [0, 0.1) is 22.7 Å². The summed E-state index contributed by atoms with van der Waals surface area (Å²) in [6.45, 7) is 10.3. The number of benzene rings is 1. The Morgan fingerprint density at radius 3 is 2.66 bits per heavy atom. The molecule has 2 fully saturated rings. The molecule has 1 amide bonds. The van der Waals surface area contributed by atoms with Gasteiger partial charge in [0, 0.05) is 29.2 Å². The lowest BCUT2D eigenvalue weighted by molar-refractivity contribution is -0.239. The number of fused-ring (bicyclic) bond motifs is 3. The van der Waals surface area contributed by atoms with Crippen molar-refractivity contribution in [3.63, 3.8) is 0 Å². The zero-order valence-corrected chi connectivity index (χ0v) is 19.4. The Morgan fingerprint density at radius 2 is 1.97 bits per heavy atom. The fourth-order valence-electron chi connectivity index (χ4n) is 7.40. The number of phenolic OH excluding ortho intramolecular Hbond substituents is 1. The number of carbonyl (C=O) groups excluding carboxylic acids is 2. The van der Waals surface area contributed by atoms with Crippen LogP contribution >= 0.6 is 0 Å². The molecule has 6 atom stereocenters. The maximum absolute atomic E-state index is 12.4. The van der Waals surface area contributed by atoms with Crippen molar-refractivity contribution in [1.82, 2.24) is 5.32 Å². The molecular formula is C25H33NO6. The van der Waals surface area contributed by atoms with E-state index < -0.39 is 17.7 Å². The van der Waals surface area contributed by atoms with Crippen LogP contribution in [0.15, 0.2) is 6.07 Å². The number of aliphatic hydroxyl groups excluding tert-OH is 1. The third-order valence-corrected chi connectivity index (χ3v) is 9.33. The van der Waals surface area contributed by atoms with E-state index in [0.717, 1.165) is 12.8 Å². The fourth-order valence-corrected chi connectivity index (χ4v) is 7.40. The van der Waals surface area contributed by atoms with Crippen LogP contribution in [-0.2, 0) is 16.0 Å². The summed E-state index contributed by atoms with van der Waals surface area (Å²) in [5, 5.41) is 24.0. The van der Waals surface area contributed by atoms with Crippen molar-refractivity contribution < 1.29 is 29.3 Å². The fraction of sp³-hybridized carbons (Fsp3) is 0.680. The predicted molar refractivity (Wildman–Crippen MR) is 116 cm³/mol. The summed E-state index contributed by atoms with van der Waals surface area (Å²) in [5.74, 6) is 0.280. The second-order valence-electron chi connectivity index (χ2n) is 11.1. The molecule has 2 aliphatic carbocycles. The second-order valence-corrected chi connectivity index (χ2v) is 11.1. The van der Waals surface area contributed by atoms with Gasteiger partial charge in [-0.3, -0.25) is 9.59 Å². The van der Waals surface area contributed by atoms with Crippen molar-refractivity contribution in [2.45, 2.75) is 84.7 Å². The first-order chi connectivity index (χ1) is 14.9. The van der Waals surface area contributed by atoms with Gasteiger partial charge in [-0.2, -0.15) is 0 Å². The van der Waals surface area contributed by atoms with Gasteiger partial charge < -0.3 is 25.0 Å². The lowest BCUT2D eigenvalue weighted by Gasteiger charge is -2.67. The van der Waals surface area contributed by atoms with Gasteiger partial charge in [0.25, 0.3) is 5.91 Å². The van der Waals surface area contributed by atoms with Gasteiger partial charge in [0.15, 0.2) is 6.23 Å². The molecule has 1 unspecified atom stereocenters. The molecule has 0 bridgehead atoms. The number of hydrogen-bond donors (Lipinski definition) is 3. The van der Waals surface area contributed by atoms with E-state index >= 15 is 0 Å². The minimum Gasteiger partial charge on any atom is -0.508 e. The van der Waals surface area contributed by atoms with Crippen LogP contribution in [0.25, 0.3) is 0 Å². The quantitative estimate of drug-likeness (QED) is 0.573. The topological polar surface area (TPSA) is 105 Å². The largest absolute Gasteiger partial charge is 0.508 e. The number of aliphatic hydroxyl groups is 1. The van der Waals surface area contributed by atoms with Gasteiger partial charge >= 0.3 is 5.97 Å². The van der Waals surface area contributed by atoms with Crippen LogP contribution in [0.1, 0.15) is 88.0 Å². The molecule has 1 aromatic rings. The molecule has 0 saturated heterocycles. The summed E-state index contributed by atoms with van der Waals surface area (Å²) in [5.41, 5.74) is 0.243. The number of nitrogens with one attached hydrogen (secondary N) is 1. The molecule has 32 heavy (non-hydrogen) atoms. The lowest BCUT2D eigenvalue weighted by atomic mass is 9.43. The number of ether oxygens (including phenoxy) is 2. The standard InChI is InChI=1S/C25H33NO6/c1-12-6-7-17-23(3,4)18(31-13(2)27)8-9-25(17)24(12,5)11-15-16(28)10-14-19(20(15)32-25)22(30)26-21(14)29/h10,12,17-18,22,28,30H,6-9,11H2,1-5H3,(H,26,29)/t12-,17-,18-,22?,24+,25-/m0/s1. The van der Waals surface area contributed by atoms with Gasteiger partial charge in [-0.25, -0.2) is 0 Å². The van der Waals surface area contributed by atoms with Crippen molar-refractivity contribution in [1.29, 1.82) is 0 Å². The van der Waals surface area contributed by atoms with Crippen LogP contribution in [0.4, 0.5) is 0 Å². The minimum atomic E-state index is -1.16. The van der Waals surface area contributed by atoms with E-state index in [1.54, 1.807) is 0 Å². The highest BCUT2D eigenvalue weighted by Crippen LogP contribution is 2.67. The van der Waals surface area contributed by atoms with E-state index in [9.17, 15) is 19.8 Å². The van der Waals surface area contributed by atoms with Gasteiger partial charge in [-0.1, -0.05) is 27.7 Å². The summed E-state index contributed by atoms with van der Waals surface area (Å²) < 4.78 is 12.7. The number of rotatable bonds is 1. The first kappa shape index (κ1) is 21.6. The smallest absolute Gasteiger partial charge is 0.302 e. The number of esters is 1. The Hall–Kier alpha value is -2.28. The van der Waals surface area contributed by atoms with Crippen LogP contribution in [0.3, 0.4) is 0 Å². The molecular weight excluding hydrogens is 410 g/mol. The molecule has 2 aliphatic heterocycles. The van der Waals surface area contributed by atoms with Crippen LogP contribution in [0.5, 0.6) is 11.5 Å². The monoisotopic (exact) mass is 443 g/mol. The second kappa shape index (κ2) is 6.62. The number of aromatic hydroxyl groups is 1. The third kappa shape index (κ3) is 2.57. The molecule has 3 N–H and O–H groups in total. The molecule has 4 aliphatic rings. The van der Waals surface area contributed by atoms with Crippen molar-refractivity contribution in [2.75, 3.05) is 0 Å². The normalized spacial score (nSPS) is 39.0. The van der Waals surface area contributed by atoms with Crippen molar-refractivity contribution in [2.24, 2.45) is 22.7 Å². The molecule has 2 saturated carbocycles. The zero-order valence-electron chi connectivity index (χ0n) is 19.4. The molecule has 0 radical (unpaired) electrons.